The van der Waals surface area contributed by atoms with Crippen molar-refractivity contribution in [3.05, 3.63) is 35.4 Å². The largest absolute Gasteiger partial charge is 0.379 e. The van der Waals surface area contributed by atoms with Crippen LogP contribution in [0.3, 0.4) is 0 Å². The summed E-state index contributed by atoms with van der Waals surface area (Å²) in [5, 5.41) is 3.09. The molecule has 2 rings (SSSR count). The quantitative estimate of drug-likeness (QED) is 0.634. The van der Waals surface area contributed by atoms with Gasteiger partial charge in [0, 0.05) is 25.7 Å². The van der Waals surface area contributed by atoms with Crippen LogP contribution in [0.25, 0.3) is 0 Å². The van der Waals surface area contributed by atoms with Gasteiger partial charge in [-0.3, -0.25) is 4.90 Å². The van der Waals surface area contributed by atoms with Crippen LogP contribution in [0, 0.1) is 0 Å². The Hall–Kier alpha value is -1.59. The molecule has 0 aromatic heterocycles. The number of aliphatic imine (C=N–C) groups is 1. The third kappa shape index (κ3) is 5.73. The molecule has 1 heterocycles. The first-order valence-electron chi connectivity index (χ1n) is 7.58. The molecule has 116 valence electrons. The summed E-state index contributed by atoms with van der Waals surface area (Å²) in [6.07, 6.45) is 0. The van der Waals surface area contributed by atoms with E-state index in [1.165, 1.54) is 11.1 Å². The first kappa shape index (κ1) is 15.8. The molecule has 0 amide bonds. The highest BCUT2D eigenvalue weighted by Crippen LogP contribution is 2.10. The molecule has 0 bridgehead atoms. The summed E-state index contributed by atoms with van der Waals surface area (Å²) in [5.41, 5.74) is 8.30. The monoisotopic (exact) mass is 290 g/mol. The van der Waals surface area contributed by atoms with Gasteiger partial charge in [0.25, 0.3) is 0 Å². The number of hydrogen-bond acceptors (Lipinski definition) is 3. The molecule has 5 heteroatoms. The van der Waals surface area contributed by atoms with Crippen LogP contribution in [0.1, 0.15) is 25.0 Å². The van der Waals surface area contributed by atoms with E-state index in [0.29, 0.717) is 18.5 Å². The maximum Gasteiger partial charge on any atom is 0.189 e. The van der Waals surface area contributed by atoms with Crippen molar-refractivity contribution in [2.24, 2.45) is 10.7 Å². The fraction of sp³-hybridized carbons (Fsp3) is 0.562. The average Bonchev–Trinajstić information content (AvgIpc) is 2.47. The molecule has 0 radical (unpaired) electrons. The first-order valence-corrected chi connectivity index (χ1v) is 7.58. The molecule has 0 saturated carbocycles. The predicted molar refractivity (Wildman–Crippen MR) is 86.1 cm³/mol. The molecular formula is C16H26N4O. The van der Waals surface area contributed by atoms with E-state index in [2.05, 4.69) is 39.5 Å². The summed E-state index contributed by atoms with van der Waals surface area (Å²) in [4.78, 5) is 6.75. The number of benzene rings is 1. The van der Waals surface area contributed by atoms with Crippen LogP contribution in [0.4, 0.5) is 0 Å². The Morgan fingerprint density at radius 1 is 1.24 bits per heavy atom. The minimum atomic E-state index is 0.310. The lowest BCUT2D eigenvalue weighted by Gasteiger charge is -2.26. The van der Waals surface area contributed by atoms with Crippen LogP contribution in [0.2, 0.25) is 0 Å². The van der Waals surface area contributed by atoms with E-state index in [1.807, 2.05) is 13.8 Å². The summed E-state index contributed by atoms with van der Waals surface area (Å²) < 4.78 is 5.36. The molecule has 0 unspecified atom stereocenters. The van der Waals surface area contributed by atoms with Crippen molar-refractivity contribution in [3.63, 3.8) is 0 Å². The fourth-order valence-electron chi connectivity index (χ4n) is 2.29. The molecule has 3 N–H and O–H groups in total. The van der Waals surface area contributed by atoms with E-state index in [0.717, 1.165) is 32.8 Å². The second-order valence-electron chi connectivity index (χ2n) is 5.71. The highest BCUT2D eigenvalue weighted by atomic mass is 16.5. The number of rotatable bonds is 5. The third-order valence-corrected chi connectivity index (χ3v) is 3.40. The summed E-state index contributed by atoms with van der Waals surface area (Å²) in [5.74, 6) is 0.502. The molecule has 1 aliphatic heterocycles. The van der Waals surface area contributed by atoms with Crippen molar-refractivity contribution in [1.29, 1.82) is 0 Å². The van der Waals surface area contributed by atoms with Crippen molar-refractivity contribution < 1.29 is 4.74 Å². The van der Waals surface area contributed by atoms with Crippen molar-refractivity contribution in [2.45, 2.75) is 33.0 Å². The van der Waals surface area contributed by atoms with E-state index in [-0.39, 0.29) is 0 Å². The van der Waals surface area contributed by atoms with Crippen LogP contribution in [0.15, 0.2) is 29.3 Å². The Morgan fingerprint density at radius 3 is 2.48 bits per heavy atom. The minimum Gasteiger partial charge on any atom is -0.379 e. The number of hydrogen-bond donors (Lipinski definition) is 2. The van der Waals surface area contributed by atoms with Gasteiger partial charge in [0.2, 0.25) is 0 Å². The topological polar surface area (TPSA) is 62.9 Å². The van der Waals surface area contributed by atoms with Gasteiger partial charge in [0.1, 0.15) is 0 Å². The molecule has 1 aromatic carbocycles. The third-order valence-electron chi connectivity index (χ3n) is 3.40. The Morgan fingerprint density at radius 2 is 1.86 bits per heavy atom. The Kier molecular flexibility index (Phi) is 6.02. The van der Waals surface area contributed by atoms with Gasteiger partial charge in [-0.15, -0.1) is 0 Å². The summed E-state index contributed by atoms with van der Waals surface area (Å²) >= 11 is 0. The Bertz CT molecular complexity index is 450. The van der Waals surface area contributed by atoms with Crippen molar-refractivity contribution in [3.8, 4) is 0 Å². The van der Waals surface area contributed by atoms with Crippen molar-refractivity contribution in [1.82, 2.24) is 10.2 Å². The lowest BCUT2D eigenvalue weighted by Crippen LogP contribution is -2.36. The lowest BCUT2D eigenvalue weighted by molar-refractivity contribution is 0.0342. The molecule has 0 aliphatic carbocycles. The van der Waals surface area contributed by atoms with Gasteiger partial charge in [0.05, 0.1) is 19.8 Å². The zero-order valence-corrected chi connectivity index (χ0v) is 13.0. The zero-order chi connectivity index (χ0) is 15.1. The molecule has 0 atom stereocenters. The average molecular weight is 290 g/mol. The molecular weight excluding hydrogens is 264 g/mol. The summed E-state index contributed by atoms with van der Waals surface area (Å²) in [7, 11) is 0. The van der Waals surface area contributed by atoms with Crippen LogP contribution in [-0.4, -0.2) is 43.2 Å². The normalized spacial score (nSPS) is 17.2. The van der Waals surface area contributed by atoms with Crippen LogP contribution in [0.5, 0.6) is 0 Å². The number of nitrogens with one attached hydrogen (secondary N) is 1. The molecule has 5 nitrogen and oxygen atoms in total. The highest BCUT2D eigenvalue weighted by Gasteiger charge is 2.10. The first-order chi connectivity index (χ1) is 10.1. The highest BCUT2D eigenvalue weighted by molar-refractivity contribution is 5.78. The maximum absolute atomic E-state index is 5.80. The Balaban J connectivity index is 1.83. The van der Waals surface area contributed by atoms with Crippen LogP contribution >= 0.6 is 0 Å². The number of nitrogens with zero attached hydrogens (tertiary/aromatic N) is 2. The molecule has 0 spiro atoms. The van der Waals surface area contributed by atoms with E-state index in [9.17, 15) is 0 Å². The number of nitrogens with two attached hydrogens (primary N) is 1. The van der Waals surface area contributed by atoms with E-state index < -0.39 is 0 Å². The van der Waals surface area contributed by atoms with Crippen LogP contribution in [-0.2, 0) is 17.8 Å². The SMILES string of the molecule is CC(C)NC(N)=NCc1ccc(CN2CCOCC2)cc1. The van der Waals surface area contributed by atoms with E-state index in [1.54, 1.807) is 0 Å². The van der Waals surface area contributed by atoms with E-state index in [4.69, 9.17) is 10.5 Å². The minimum absolute atomic E-state index is 0.310. The second-order valence-corrected chi connectivity index (χ2v) is 5.71. The van der Waals surface area contributed by atoms with Gasteiger partial charge in [-0.1, -0.05) is 24.3 Å². The zero-order valence-electron chi connectivity index (χ0n) is 13.0. The second kappa shape index (κ2) is 8.00. The number of morpholine rings is 1. The maximum atomic E-state index is 5.80. The molecule has 21 heavy (non-hydrogen) atoms. The van der Waals surface area contributed by atoms with Gasteiger partial charge in [0.15, 0.2) is 5.96 Å². The molecule has 1 aromatic rings. The van der Waals surface area contributed by atoms with Crippen molar-refractivity contribution >= 4 is 5.96 Å². The Labute approximate surface area is 127 Å². The van der Waals surface area contributed by atoms with Crippen LogP contribution < -0.4 is 11.1 Å². The van der Waals surface area contributed by atoms with Gasteiger partial charge in [-0.2, -0.15) is 0 Å². The van der Waals surface area contributed by atoms with Gasteiger partial charge in [-0.25, -0.2) is 4.99 Å². The summed E-state index contributed by atoms with van der Waals surface area (Å²) in [6, 6.07) is 8.91. The lowest BCUT2D eigenvalue weighted by atomic mass is 10.1. The standard InChI is InChI=1S/C16H26N4O/c1-13(2)19-16(17)18-11-14-3-5-15(6-4-14)12-20-7-9-21-10-8-20/h3-6,13H,7-12H2,1-2H3,(H3,17,18,19). The predicted octanol–water partition coefficient (Wildman–Crippen LogP) is 1.33. The molecule has 1 fully saturated rings. The number of guanidine groups is 1. The smallest absolute Gasteiger partial charge is 0.189 e. The fourth-order valence-corrected chi connectivity index (χ4v) is 2.29. The molecule has 1 saturated heterocycles. The van der Waals surface area contributed by atoms with E-state index >= 15 is 0 Å². The van der Waals surface area contributed by atoms with Gasteiger partial charge in [-0.05, 0) is 25.0 Å². The van der Waals surface area contributed by atoms with Crippen molar-refractivity contribution in [2.75, 3.05) is 26.3 Å². The number of ether oxygens (including phenoxy) is 1. The molecule has 1 aliphatic rings. The summed E-state index contributed by atoms with van der Waals surface area (Å²) in [6.45, 7) is 9.41. The van der Waals surface area contributed by atoms with Gasteiger partial charge < -0.3 is 15.8 Å². The van der Waals surface area contributed by atoms with Gasteiger partial charge >= 0.3 is 0 Å².